The summed E-state index contributed by atoms with van der Waals surface area (Å²) < 4.78 is 5.16. The number of furan rings is 1. The lowest BCUT2D eigenvalue weighted by molar-refractivity contribution is 0.0696. The Morgan fingerprint density at radius 1 is 1.62 bits per heavy atom. The fourth-order valence-electron chi connectivity index (χ4n) is 1.45. The van der Waals surface area contributed by atoms with E-state index in [1.165, 1.54) is 6.26 Å². The molecule has 1 rings (SSSR count). The number of rotatable bonds is 7. The number of nitrogens with one attached hydrogen (secondary N) is 1. The van der Waals surface area contributed by atoms with Crippen LogP contribution in [0.15, 0.2) is 16.7 Å². The lowest BCUT2D eigenvalue weighted by Crippen LogP contribution is -2.22. The van der Waals surface area contributed by atoms with E-state index < -0.39 is 5.97 Å². The van der Waals surface area contributed by atoms with Crippen LogP contribution < -0.4 is 5.32 Å². The summed E-state index contributed by atoms with van der Waals surface area (Å²) in [5.41, 5.74) is 0.207. The van der Waals surface area contributed by atoms with E-state index in [1.807, 2.05) is 14.1 Å². The van der Waals surface area contributed by atoms with Gasteiger partial charge in [0.25, 0.3) is 0 Å². The first-order valence-electron chi connectivity index (χ1n) is 5.27. The highest BCUT2D eigenvalue weighted by Gasteiger charge is 2.09. The highest BCUT2D eigenvalue weighted by Crippen LogP contribution is 2.09. The maximum atomic E-state index is 10.6. The van der Waals surface area contributed by atoms with Gasteiger partial charge in [0.05, 0.1) is 12.1 Å². The van der Waals surface area contributed by atoms with Crippen molar-refractivity contribution in [3.05, 3.63) is 23.7 Å². The Bertz CT molecular complexity index is 336. The van der Waals surface area contributed by atoms with Gasteiger partial charge in [-0.1, -0.05) is 0 Å². The highest BCUT2D eigenvalue weighted by molar-refractivity contribution is 5.87. The van der Waals surface area contributed by atoms with Crippen molar-refractivity contribution in [2.24, 2.45) is 0 Å². The molecule has 16 heavy (non-hydrogen) atoms. The maximum Gasteiger partial charge on any atom is 0.338 e. The first-order chi connectivity index (χ1) is 7.63. The fourth-order valence-corrected chi connectivity index (χ4v) is 1.45. The van der Waals surface area contributed by atoms with Gasteiger partial charge in [-0.05, 0) is 39.7 Å². The SMILES string of the molecule is CNCCCN(C)Cc1cc(C(=O)O)co1. The van der Waals surface area contributed by atoms with E-state index in [4.69, 9.17) is 9.52 Å². The maximum absolute atomic E-state index is 10.6. The average molecular weight is 226 g/mol. The lowest BCUT2D eigenvalue weighted by atomic mass is 10.3. The normalized spacial score (nSPS) is 10.9. The topological polar surface area (TPSA) is 65.7 Å². The molecule has 0 unspecified atom stereocenters. The van der Waals surface area contributed by atoms with Crippen molar-refractivity contribution in [1.29, 1.82) is 0 Å². The number of carboxylic acid groups (broad SMARTS) is 1. The van der Waals surface area contributed by atoms with Crippen LogP contribution in [0.3, 0.4) is 0 Å². The molecule has 0 aromatic carbocycles. The number of nitrogens with zero attached hydrogens (tertiary/aromatic N) is 1. The van der Waals surface area contributed by atoms with Gasteiger partial charge in [-0.2, -0.15) is 0 Å². The molecular weight excluding hydrogens is 208 g/mol. The number of hydrogen-bond acceptors (Lipinski definition) is 4. The highest BCUT2D eigenvalue weighted by atomic mass is 16.4. The zero-order chi connectivity index (χ0) is 12.0. The first kappa shape index (κ1) is 12.7. The van der Waals surface area contributed by atoms with Gasteiger partial charge in [0.2, 0.25) is 0 Å². The van der Waals surface area contributed by atoms with Gasteiger partial charge in [0.1, 0.15) is 12.0 Å². The van der Waals surface area contributed by atoms with Crippen molar-refractivity contribution in [2.75, 3.05) is 27.2 Å². The Kier molecular flexibility index (Phi) is 5.01. The lowest BCUT2D eigenvalue weighted by Gasteiger charge is -2.14. The van der Waals surface area contributed by atoms with Gasteiger partial charge in [0.15, 0.2) is 0 Å². The first-order valence-corrected chi connectivity index (χ1v) is 5.27. The molecule has 1 aromatic heterocycles. The Hall–Kier alpha value is -1.33. The molecule has 0 fully saturated rings. The summed E-state index contributed by atoms with van der Waals surface area (Å²) in [4.78, 5) is 12.7. The van der Waals surface area contributed by atoms with Crippen molar-refractivity contribution in [3.8, 4) is 0 Å². The molecule has 2 N–H and O–H groups in total. The van der Waals surface area contributed by atoms with Gasteiger partial charge in [-0.15, -0.1) is 0 Å². The van der Waals surface area contributed by atoms with Crippen LogP contribution in [0.5, 0.6) is 0 Å². The molecule has 0 aliphatic rings. The van der Waals surface area contributed by atoms with E-state index in [-0.39, 0.29) is 5.56 Å². The minimum absolute atomic E-state index is 0.207. The summed E-state index contributed by atoms with van der Waals surface area (Å²) in [7, 11) is 3.91. The summed E-state index contributed by atoms with van der Waals surface area (Å²) in [6.45, 7) is 2.56. The van der Waals surface area contributed by atoms with Crippen LogP contribution in [0.2, 0.25) is 0 Å². The Morgan fingerprint density at radius 3 is 2.94 bits per heavy atom. The number of carboxylic acids is 1. The van der Waals surface area contributed by atoms with Crippen molar-refractivity contribution >= 4 is 5.97 Å². The molecule has 5 nitrogen and oxygen atoms in total. The van der Waals surface area contributed by atoms with Crippen LogP contribution in [0, 0.1) is 0 Å². The molecule has 0 bridgehead atoms. The summed E-state index contributed by atoms with van der Waals surface area (Å²) in [6, 6.07) is 1.57. The van der Waals surface area contributed by atoms with E-state index in [0.29, 0.717) is 12.3 Å². The second-order valence-electron chi connectivity index (χ2n) is 3.80. The van der Waals surface area contributed by atoms with Crippen LogP contribution in [-0.4, -0.2) is 43.2 Å². The van der Waals surface area contributed by atoms with E-state index in [1.54, 1.807) is 6.07 Å². The second kappa shape index (κ2) is 6.30. The summed E-state index contributed by atoms with van der Waals surface area (Å²) in [5, 5.41) is 11.8. The predicted molar refractivity (Wildman–Crippen MR) is 60.5 cm³/mol. The summed E-state index contributed by atoms with van der Waals surface area (Å²) >= 11 is 0. The largest absolute Gasteiger partial charge is 0.478 e. The molecule has 0 radical (unpaired) electrons. The molecule has 0 aliphatic carbocycles. The molecule has 0 spiro atoms. The van der Waals surface area contributed by atoms with Gasteiger partial charge in [-0.25, -0.2) is 4.79 Å². The Balaban J connectivity index is 2.37. The molecule has 5 heteroatoms. The minimum atomic E-state index is -0.951. The van der Waals surface area contributed by atoms with Crippen LogP contribution in [0.1, 0.15) is 22.5 Å². The zero-order valence-electron chi connectivity index (χ0n) is 9.69. The van der Waals surface area contributed by atoms with Gasteiger partial charge in [-0.3, -0.25) is 4.90 Å². The van der Waals surface area contributed by atoms with Crippen LogP contribution in [0.4, 0.5) is 0 Å². The van der Waals surface area contributed by atoms with Crippen molar-refractivity contribution in [1.82, 2.24) is 10.2 Å². The van der Waals surface area contributed by atoms with Gasteiger partial charge in [0, 0.05) is 0 Å². The van der Waals surface area contributed by atoms with Crippen molar-refractivity contribution < 1.29 is 14.3 Å². The van der Waals surface area contributed by atoms with Gasteiger partial charge < -0.3 is 14.8 Å². The molecule has 90 valence electrons. The fraction of sp³-hybridized carbons (Fsp3) is 0.545. The van der Waals surface area contributed by atoms with E-state index in [2.05, 4.69) is 10.2 Å². The van der Waals surface area contributed by atoms with Crippen LogP contribution in [-0.2, 0) is 6.54 Å². The van der Waals surface area contributed by atoms with Crippen molar-refractivity contribution in [3.63, 3.8) is 0 Å². The third-order valence-electron chi connectivity index (χ3n) is 2.29. The molecule has 0 saturated heterocycles. The van der Waals surface area contributed by atoms with Gasteiger partial charge >= 0.3 is 5.97 Å². The summed E-state index contributed by atoms with van der Waals surface area (Å²) in [5.74, 6) is -0.266. The smallest absolute Gasteiger partial charge is 0.338 e. The number of aromatic carboxylic acids is 1. The molecule has 1 heterocycles. The average Bonchev–Trinajstić information content (AvgIpc) is 2.66. The molecule has 0 aliphatic heterocycles. The Labute approximate surface area is 95.0 Å². The monoisotopic (exact) mass is 226 g/mol. The molecule has 0 atom stereocenters. The van der Waals surface area contributed by atoms with E-state index in [9.17, 15) is 4.79 Å². The molecule has 0 saturated carbocycles. The van der Waals surface area contributed by atoms with Crippen LogP contribution >= 0.6 is 0 Å². The van der Waals surface area contributed by atoms with E-state index >= 15 is 0 Å². The minimum Gasteiger partial charge on any atom is -0.478 e. The van der Waals surface area contributed by atoms with Crippen LogP contribution in [0.25, 0.3) is 0 Å². The standard InChI is InChI=1S/C11H18N2O3/c1-12-4-3-5-13(2)7-10-6-9(8-16-10)11(14)15/h6,8,12H,3-5,7H2,1-2H3,(H,14,15). The zero-order valence-corrected chi connectivity index (χ0v) is 9.69. The quantitative estimate of drug-likeness (QED) is 0.679. The third kappa shape index (κ3) is 4.04. The number of carbonyl (C=O) groups is 1. The summed E-state index contributed by atoms with van der Waals surface area (Å²) in [6.07, 6.45) is 2.33. The van der Waals surface area contributed by atoms with Crippen molar-refractivity contribution in [2.45, 2.75) is 13.0 Å². The third-order valence-corrected chi connectivity index (χ3v) is 2.29. The number of hydrogen-bond donors (Lipinski definition) is 2. The second-order valence-corrected chi connectivity index (χ2v) is 3.80. The molecule has 1 aromatic rings. The molecule has 0 amide bonds. The molecular formula is C11H18N2O3. The Morgan fingerprint density at radius 2 is 2.38 bits per heavy atom. The van der Waals surface area contributed by atoms with E-state index in [0.717, 1.165) is 19.5 Å². The predicted octanol–water partition coefficient (Wildman–Crippen LogP) is 1.02.